The van der Waals surface area contributed by atoms with Crippen molar-refractivity contribution in [2.45, 2.75) is 66.2 Å². The number of hydrogen-bond donors (Lipinski definition) is 0. The summed E-state index contributed by atoms with van der Waals surface area (Å²) in [6.07, 6.45) is 7.75. The molecule has 2 rings (SSSR count). The molecule has 0 fully saturated rings. The number of rotatable bonds is 6. The minimum atomic E-state index is 0. The van der Waals surface area contributed by atoms with Gasteiger partial charge in [-0.3, -0.25) is 0 Å². The van der Waals surface area contributed by atoms with Gasteiger partial charge in [-0.05, 0) is 0 Å². The van der Waals surface area contributed by atoms with Gasteiger partial charge in [0.05, 0.1) is 0 Å². The first-order chi connectivity index (χ1) is 10.6. The molecular formula is C21H32Cl2Hf-2. The number of unbranched alkanes of at least 4 members (excludes halogenated alkanes) is 2. The summed E-state index contributed by atoms with van der Waals surface area (Å²) in [5.41, 5.74) is 2.97. The van der Waals surface area contributed by atoms with Crippen molar-refractivity contribution in [2.75, 3.05) is 0 Å². The van der Waals surface area contributed by atoms with Gasteiger partial charge in [0, 0.05) is 0 Å². The SMILES string of the molecule is CCCCc1cc[cH-]c1.CCCCc1cc[cH-]c1.C[C](C)=[Hf+2].[Cl-].[Cl-]. The van der Waals surface area contributed by atoms with Crippen molar-refractivity contribution in [1.29, 1.82) is 0 Å². The summed E-state index contributed by atoms with van der Waals surface area (Å²) < 4.78 is 1.56. The Morgan fingerprint density at radius 2 is 1.17 bits per heavy atom. The quantitative estimate of drug-likeness (QED) is 0.369. The Bertz CT molecular complexity index is 402. The molecule has 0 aliphatic carbocycles. The molecule has 0 radical (unpaired) electrons. The maximum absolute atomic E-state index is 2.23. The molecule has 0 unspecified atom stereocenters. The fraction of sp³-hybridized carbons (Fsp3) is 0.476. The summed E-state index contributed by atoms with van der Waals surface area (Å²) >= 11 is 1.27. The van der Waals surface area contributed by atoms with Crippen LogP contribution in [0.4, 0.5) is 0 Å². The van der Waals surface area contributed by atoms with E-state index in [2.05, 4.69) is 76.2 Å². The van der Waals surface area contributed by atoms with Crippen LogP contribution >= 0.6 is 0 Å². The third-order valence-electron chi connectivity index (χ3n) is 3.10. The average molecular weight is 534 g/mol. The van der Waals surface area contributed by atoms with Crippen LogP contribution < -0.4 is 24.8 Å². The van der Waals surface area contributed by atoms with Gasteiger partial charge in [-0.25, -0.2) is 12.1 Å². The fourth-order valence-electron chi connectivity index (χ4n) is 1.92. The maximum atomic E-state index is 2.23. The largest absolute Gasteiger partial charge is 1.00 e. The second kappa shape index (κ2) is 21.1. The van der Waals surface area contributed by atoms with Crippen LogP contribution in [0.2, 0.25) is 0 Å². The van der Waals surface area contributed by atoms with E-state index in [1.807, 2.05) is 0 Å². The van der Waals surface area contributed by atoms with E-state index in [0.717, 1.165) is 0 Å². The fourth-order valence-corrected chi connectivity index (χ4v) is 1.92. The molecule has 2 aromatic rings. The average Bonchev–Trinajstić information content (AvgIpc) is 3.16. The third kappa shape index (κ3) is 20.1. The molecule has 0 bridgehead atoms. The van der Waals surface area contributed by atoms with Gasteiger partial charge < -0.3 is 24.8 Å². The number of hydrogen-bond acceptors (Lipinski definition) is 0. The van der Waals surface area contributed by atoms with Crippen LogP contribution in [-0.4, -0.2) is 3.26 Å². The molecule has 0 aliphatic rings. The molecule has 3 heteroatoms. The Balaban J connectivity index is -0.000000283. The second-order valence-electron chi connectivity index (χ2n) is 5.79. The molecule has 0 heterocycles. The standard InChI is InChI=1S/2C9H13.C3H6.2ClH.Hf/c2*1-2-3-6-9-7-4-5-8-9;1-3-2;;;/h2*4-5,7-8H,2-3,6H2,1H3;1-2H3;2*1H;/q2*-1;;;;+2/p-2. The van der Waals surface area contributed by atoms with Crippen LogP contribution in [0.3, 0.4) is 0 Å². The van der Waals surface area contributed by atoms with E-state index in [-0.39, 0.29) is 24.8 Å². The molecule has 0 aromatic heterocycles. The Morgan fingerprint density at radius 3 is 1.38 bits per heavy atom. The van der Waals surface area contributed by atoms with Crippen molar-refractivity contribution in [2.24, 2.45) is 0 Å². The zero-order valence-electron chi connectivity index (χ0n) is 15.6. The van der Waals surface area contributed by atoms with Crippen molar-refractivity contribution >= 4 is 3.26 Å². The van der Waals surface area contributed by atoms with Gasteiger partial charge >= 0.3 is 41.0 Å². The van der Waals surface area contributed by atoms with E-state index in [1.165, 1.54) is 73.5 Å². The van der Waals surface area contributed by atoms with Gasteiger partial charge in [0.25, 0.3) is 0 Å². The van der Waals surface area contributed by atoms with Gasteiger partial charge in [0.1, 0.15) is 0 Å². The molecular weight excluding hydrogens is 502 g/mol. The minimum Gasteiger partial charge on any atom is -1.00 e. The first-order valence-corrected chi connectivity index (χ1v) is 10.3. The molecule has 0 aliphatic heterocycles. The van der Waals surface area contributed by atoms with Crippen molar-refractivity contribution < 1.29 is 48.7 Å². The van der Waals surface area contributed by atoms with Crippen LogP contribution in [0.15, 0.2) is 48.5 Å². The van der Waals surface area contributed by atoms with Crippen LogP contribution in [0.1, 0.15) is 64.5 Å². The molecule has 2 aromatic carbocycles. The van der Waals surface area contributed by atoms with E-state index in [0.29, 0.717) is 0 Å². The zero-order chi connectivity index (χ0) is 16.6. The molecule has 0 spiro atoms. The molecule has 0 saturated heterocycles. The van der Waals surface area contributed by atoms with Crippen LogP contribution in [0.5, 0.6) is 0 Å². The first kappa shape index (κ1) is 28.8. The van der Waals surface area contributed by atoms with Crippen molar-refractivity contribution in [3.05, 3.63) is 59.7 Å². The van der Waals surface area contributed by atoms with Crippen molar-refractivity contribution in [3.63, 3.8) is 0 Å². The predicted molar refractivity (Wildman–Crippen MR) is 97.6 cm³/mol. The first-order valence-electron chi connectivity index (χ1n) is 8.53. The van der Waals surface area contributed by atoms with Crippen molar-refractivity contribution in [3.8, 4) is 0 Å². The van der Waals surface area contributed by atoms with E-state index >= 15 is 0 Å². The Labute approximate surface area is 177 Å². The number of halogens is 2. The van der Waals surface area contributed by atoms with Crippen LogP contribution in [0.25, 0.3) is 0 Å². The molecule has 0 amide bonds. The summed E-state index contributed by atoms with van der Waals surface area (Å²) in [6, 6.07) is 17.2. The van der Waals surface area contributed by atoms with E-state index in [1.54, 1.807) is 3.26 Å². The second-order valence-corrected chi connectivity index (χ2v) is 9.39. The monoisotopic (exact) mass is 534 g/mol. The smallest absolute Gasteiger partial charge is 1.00 e. The Kier molecular flexibility index (Phi) is 25.3. The molecule has 24 heavy (non-hydrogen) atoms. The minimum absolute atomic E-state index is 0. The van der Waals surface area contributed by atoms with Gasteiger partial charge in [-0.1, -0.05) is 52.4 Å². The summed E-state index contributed by atoms with van der Waals surface area (Å²) in [5.74, 6) is 0. The third-order valence-corrected chi connectivity index (χ3v) is 3.10. The van der Waals surface area contributed by atoms with E-state index in [9.17, 15) is 0 Å². The van der Waals surface area contributed by atoms with Gasteiger partial charge in [0.2, 0.25) is 0 Å². The molecule has 0 saturated carbocycles. The van der Waals surface area contributed by atoms with Crippen LogP contribution in [0, 0.1) is 0 Å². The zero-order valence-corrected chi connectivity index (χ0v) is 20.7. The molecule has 136 valence electrons. The Hall–Kier alpha value is 0.0201. The maximum Gasteiger partial charge on any atom is -1.00 e. The number of aryl methyl sites for hydroxylation is 2. The van der Waals surface area contributed by atoms with E-state index in [4.69, 9.17) is 0 Å². The van der Waals surface area contributed by atoms with Crippen LogP contribution in [-0.2, 0) is 36.7 Å². The summed E-state index contributed by atoms with van der Waals surface area (Å²) in [7, 11) is 0. The van der Waals surface area contributed by atoms with Gasteiger partial charge in [0.15, 0.2) is 0 Å². The summed E-state index contributed by atoms with van der Waals surface area (Å²) in [5, 5.41) is 0. The normalized spacial score (nSPS) is 8.58. The summed E-state index contributed by atoms with van der Waals surface area (Å²) in [4.78, 5) is 0. The predicted octanol–water partition coefficient (Wildman–Crippen LogP) is 0.250. The summed E-state index contributed by atoms with van der Waals surface area (Å²) in [6.45, 7) is 8.74. The van der Waals surface area contributed by atoms with Crippen molar-refractivity contribution in [1.82, 2.24) is 0 Å². The van der Waals surface area contributed by atoms with Gasteiger partial charge in [-0.15, -0.1) is 0 Å². The van der Waals surface area contributed by atoms with Gasteiger partial charge in [-0.2, -0.15) is 47.5 Å². The molecule has 0 atom stereocenters. The Morgan fingerprint density at radius 1 is 0.833 bits per heavy atom. The van der Waals surface area contributed by atoms with E-state index < -0.39 is 0 Å². The molecule has 0 N–H and O–H groups in total. The molecule has 0 nitrogen and oxygen atoms in total. The topological polar surface area (TPSA) is 0 Å².